The molecule has 2 N–H and O–H groups in total. The van der Waals surface area contributed by atoms with Gasteiger partial charge in [0.25, 0.3) is 0 Å². The Kier molecular flexibility index (Phi) is 6.49. The van der Waals surface area contributed by atoms with Gasteiger partial charge in [-0.1, -0.05) is 25.4 Å². The van der Waals surface area contributed by atoms with Gasteiger partial charge in [0.15, 0.2) is 0 Å². The molecule has 0 saturated heterocycles. The van der Waals surface area contributed by atoms with Gasteiger partial charge in [0.05, 0.1) is 11.6 Å². The third kappa shape index (κ3) is 4.49. The largest absolute Gasteiger partial charge is 0.433 e. The maximum Gasteiger partial charge on any atom is 0.387 e. The van der Waals surface area contributed by atoms with E-state index in [2.05, 4.69) is 10.1 Å². The van der Waals surface area contributed by atoms with E-state index in [1.807, 2.05) is 13.8 Å². The monoisotopic (exact) mass is 307 g/mol. The molecule has 3 nitrogen and oxygen atoms in total. The van der Waals surface area contributed by atoms with E-state index in [9.17, 15) is 13.9 Å². The summed E-state index contributed by atoms with van der Waals surface area (Å²) in [6, 6.07) is 4.55. The Hall–Kier alpha value is -1.07. The smallest absolute Gasteiger partial charge is 0.387 e. The average Bonchev–Trinajstić information content (AvgIpc) is 2.43. The quantitative estimate of drug-likeness (QED) is 0.758. The summed E-state index contributed by atoms with van der Waals surface area (Å²) in [5.41, 5.74) is 0.515. The third-order valence-corrected chi connectivity index (χ3v) is 3.95. The predicted octanol–water partition coefficient (Wildman–Crippen LogP) is 4.15. The van der Waals surface area contributed by atoms with Gasteiger partial charge in [-0.15, -0.1) is 0 Å². The molecule has 0 spiro atoms. The van der Waals surface area contributed by atoms with E-state index in [1.165, 1.54) is 12.1 Å². The van der Waals surface area contributed by atoms with Crippen LogP contribution in [0.4, 0.5) is 14.5 Å². The Morgan fingerprint density at radius 2 is 2.00 bits per heavy atom. The third-order valence-electron chi connectivity index (χ3n) is 3.65. The number of hydrogen-bond acceptors (Lipinski definition) is 3. The van der Waals surface area contributed by atoms with Crippen molar-refractivity contribution in [2.75, 3.05) is 18.5 Å². The minimum Gasteiger partial charge on any atom is -0.433 e. The van der Waals surface area contributed by atoms with Crippen molar-refractivity contribution < 1.29 is 18.6 Å². The number of nitrogens with one attached hydrogen (secondary N) is 1. The minimum atomic E-state index is -2.89. The number of aliphatic hydroxyl groups excluding tert-OH is 1. The fourth-order valence-electron chi connectivity index (χ4n) is 1.87. The van der Waals surface area contributed by atoms with Crippen LogP contribution in [0.15, 0.2) is 18.2 Å². The Balaban J connectivity index is 2.72. The summed E-state index contributed by atoms with van der Waals surface area (Å²) < 4.78 is 28.5. The van der Waals surface area contributed by atoms with Crippen LogP contribution in [-0.2, 0) is 0 Å². The molecule has 0 unspecified atom stereocenters. The lowest BCUT2D eigenvalue weighted by molar-refractivity contribution is -0.0497. The Bertz CT molecular complexity index is 417. The first-order valence-corrected chi connectivity index (χ1v) is 6.93. The van der Waals surface area contributed by atoms with Crippen LogP contribution in [0.3, 0.4) is 0 Å². The molecule has 0 aromatic heterocycles. The van der Waals surface area contributed by atoms with Gasteiger partial charge in [-0.3, -0.25) is 0 Å². The van der Waals surface area contributed by atoms with Crippen molar-refractivity contribution in [3.8, 4) is 5.75 Å². The lowest BCUT2D eigenvalue weighted by Crippen LogP contribution is -2.32. The summed E-state index contributed by atoms with van der Waals surface area (Å²) in [5, 5.41) is 12.8. The van der Waals surface area contributed by atoms with Crippen LogP contribution in [0.5, 0.6) is 5.75 Å². The number of hydrogen-bond donors (Lipinski definition) is 2. The van der Waals surface area contributed by atoms with E-state index >= 15 is 0 Å². The van der Waals surface area contributed by atoms with E-state index in [-0.39, 0.29) is 22.8 Å². The van der Waals surface area contributed by atoms with Crippen LogP contribution < -0.4 is 10.1 Å². The van der Waals surface area contributed by atoms with Crippen LogP contribution in [0.2, 0.25) is 5.02 Å². The number of halogens is 3. The van der Waals surface area contributed by atoms with Gasteiger partial charge in [0.2, 0.25) is 0 Å². The second-order valence-electron chi connectivity index (χ2n) is 4.74. The number of benzene rings is 1. The first kappa shape index (κ1) is 17.0. The molecule has 1 aromatic rings. The van der Waals surface area contributed by atoms with Crippen molar-refractivity contribution >= 4 is 17.3 Å². The van der Waals surface area contributed by atoms with Gasteiger partial charge >= 0.3 is 6.61 Å². The van der Waals surface area contributed by atoms with Crippen molar-refractivity contribution in [2.24, 2.45) is 5.41 Å². The zero-order valence-electron chi connectivity index (χ0n) is 11.6. The number of aliphatic hydroxyl groups is 1. The second-order valence-corrected chi connectivity index (χ2v) is 5.15. The SMILES string of the molecule is CCC(CC)(CO)CNc1ccc(OC(F)F)c(Cl)c1. The molecular formula is C14H20ClF2NO2. The zero-order chi connectivity index (χ0) is 15.2. The molecule has 6 heteroatoms. The van der Waals surface area contributed by atoms with Gasteiger partial charge in [-0.25, -0.2) is 0 Å². The second kappa shape index (κ2) is 7.64. The lowest BCUT2D eigenvalue weighted by atomic mass is 9.83. The first-order valence-electron chi connectivity index (χ1n) is 6.55. The number of ether oxygens (including phenoxy) is 1. The molecule has 20 heavy (non-hydrogen) atoms. The average molecular weight is 308 g/mol. The van der Waals surface area contributed by atoms with E-state index in [1.54, 1.807) is 6.07 Å². The highest BCUT2D eigenvalue weighted by atomic mass is 35.5. The van der Waals surface area contributed by atoms with Crippen molar-refractivity contribution in [1.82, 2.24) is 0 Å². The molecule has 1 rings (SSSR count). The highest BCUT2D eigenvalue weighted by molar-refractivity contribution is 6.32. The molecule has 0 saturated carbocycles. The molecule has 0 amide bonds. The minimum absolute atomic E-state index is 0.0494. The standard InChI is InChI=1S/C14H20ClF2NO2/c1-3-14(4-2,9-19)8-18-10-5-6-12(11(15)7-10)20-13(16)17/h5-7,13,18-19H,3-4,8-9H2,1-2H3. The lowest BCUT2D eigenvalue weighted by Gasteiger charge is -2.30. The van der Waals surface area contributed by atoms with Crippen molar-refractivity contribution in [1.29, 1.82) is 0 Å². The summed E-state index contributed by atoms with van der Waals surface area (Å²) >= 11 is 5.88. The molecule has 0 fully saturated rings. The summed E-state index contributed by atoms with van der Waals surface area (Å²) in [6.45, 7) is 1.82. The number of alkyl halides is 2. The molecule has 0 atom stereocenters. The normalized spacial score (nSPS) is 11.8. The number of anilines is 1. The Morgan fingerprint density at radius 1 is 1.35 bits per heavy atom. The van der Waals surface area contributed by atoms with E-state index in [0.29, 0.717) is 12.2 Å². The van der Waals surface area contributed by atoms with E-state index in [4.69, 9.17) is 11.6 Å². The van der Waals surface area contributed by atoms with Gasteiger partial charge in [-0.2, -0.15) is 8.78 Å². The van der Waals surface area contributed by atoms with Crippen LogP contribution in [-0.4, -0.2) is 24.9 Å². The Morgan fingerprint density at radius 3 is 2.45 bits per heavy atom. The molecule has 0 radical (unpaired) electrons. The summed E-state index contributed by atoms with van der Waals surface area (Å²) in [6.07, 6.45) is 1.68. The summed E-state index contributed by atoms with van der Waals surface area (Å²) in [4.78, 5) is 0. The molecule has 0 aliphatic rings. The fourth-order valence-corrected chi connectivity index (χ4v) is 2.10. The molecular weight excluding hydrogens is 288 g/mol. The van der Waals surface area contributed by atoms with Crippen molar-refractivity contribution in [3.63, 3.8) is 0 Å². The van der Waals surface area contributed by atoms with Crippen molar-refractivity contribution in [2.45, 2.75) is 33.3 Å². The molecule has 114 valence electrons. The summed E-state index contributed by atoms with van der Waals surface area (Å²) in [5.74, 6) is -0.0494. The highest BCUT2D eigenvalue weighted by Crippen LogP contribution is 2.31. The first-order chi connectivity index (χ1) is 9.46. The van der Waals surface area contributed by atoms with E-state index in [0.717, 1.165) is 12.8 Å². The highest BCUT2D eigenvalue weighted by Gasteiger charge is 2.24. The van der Waals surface area contributed by atoms with Crippen LogP contribution in [0.25, 0.3) is 0 Å². The summed E-state index contributed by atoms with van der Waals surface area (Å²) in [7, 11) is 0. The van der Waals surface area contributed by atoms with E-state index < -0.39 is 6.61 Å². The van der Waals surface area contributed by atoms with Gasteiger partial charge in [0.1, 0.15) is 5.75 Å². The van der Waals surface area contributed by atoms with Gasteiger partial charge in [0, 0.05) is 17.6 Å². The topological polar surface area (TPSA) is 41.5 Å². The maximum absolute atomic E-state index is 12.1. The van der Waals surface area contributed by atoms with Crippen LogP contribution in [0.1, 0.15) is 26.7 Å². The number of rotatable bonds is 8. The van der Waals surface area contributed by atoms with Crippen molar-refractivity contribution in [3.05, 3.63) is 23.2 Å². The predicted molar refractivity (Wildman–Crippen MR) is 76.7 cm³/mol. The zero-order valence-corrected chi connectivity index (χ0v) is 12.4. The van der Waals surface area contributed by atoms with Crippen LogP contribution in [0, 0.1) is 5.41 Å². The molecule has 0 bridgehead atoms. The molecule has 0 heterocycles. The molecule has 0 aliphatic carbocycles. The fraction of sp³-hybridized carbons (Fsp3) is 0.571. The maximum atomic E-state index is 12.1. The van der Waals surface area contributed by atoms with Gasteiger partial charge < -0.3 is 15.2 Å². The Labute approximate surface area is 122 Å². The van der Waals surface area contributed by atoms with Gasteiger partial charge in [-0.05, 0) is 31.0 Å². The molecule has 0 aliphatic heterocycles. The van der Waals surface area contributed by atoms with Crippen LogP contribution >= 0.6 is 11.6 Å². The molecule has 1 aromatic carbocycles.